The van der Waals surface area contributed by atoms with E-state index >= 15 is 0 Å². The fourth-order valence-corrected chi connectivity index (χ4v) is 2.39. The van der Waals surface area contributed by atoms with Crippen molar-refractivity contribution in [1.29, 1.82) is 0 Å². The highest BCUT2D eigenvalue weighted by Crippen LogP contribution is 2.28. The van der Waals surface area contributed by atoms with Gasteiger partial charge in [0.2, 0.25) is 5.91 Å². The van der Waals surface area contributed by atoms with Gasteiger partial charge in [-0.05, 0) is 12.3 Å². The lowest BCUT2D eigenvalue weighted by atomic mass is 10.0. The zero-order chi connectivity index (χ0) is 12.7. The van der Waals surface area contributed by atoms with Gasteiger partial charge in [0.1, 0.15) is 0 Å². The fourth-order valence-electron chi connectivity index (χ4n) is 2.39. The van der Waals surface area contributed by atoms with Gasteiger partial charge in [0.25, 0.3) is 6.43 Å². The van der Waals surface area contributed by atoms with Crippen molar-refractivity contribution in [3.8, 4) is 0 Å². The topological polar surface area (TPSA) is 40.5 Å². The Bertz CT molecular complexity index is 231. The van der Waals surface area contributed by atoms with E-state index in [4.69, 9.17) is 5.11 Å². The maximum atomic E-state index is 12.2. The zero-order valence-corrected chi connectivity index (χ0v) is 10.1. The zero-order valence-electron chi connectivity index (χ0n) is 10.1. The molecule has 0 aromatic rings. The standard InChI is InChI=1S/C12H21F2NO2/c13-11(14)9-15(7-8-16)12(17)6-5-10-3-1-2-4-10/h10-11,16H,1-9H2. The van der Waals surface area contributed by atoms with Crippen LogP contribution in [0.1, 0.15) is 38.5 Å². The lowest BCUT2D eigenvalue weighted by Gasteiger charge is -2.22. The van der Waals surface area contributed by atoms with E-state index in [1.165, 1.54) is 12.8 Å². The van der Waals surface area contributed by atoms with Crippen LogP contribution in [0.2, 0.25) is 0 Å². The first-order valence-corrected chi connectivity index (χ1v) is 6.30. The lowest BCUT2D eigenvalue weighted by Crippen LogP contribution is -2.37. The second-order valence-electron chi connectivity index (χ2n) is 4.64. The second-order valence-corrected chi connectivity index (χ2v) is 4.64. The summed E-state index contributed by atoms with van der Waals surface area (Å²) in [5, 5.41) is 8.74. The van der Waals surface area contributed by atoms with Crippen LogP contribution >= 0.6 is 0 Å². The highest BCUT2D eigenvalue weighted by molar-refractivity contribution is 5.76. The molecule has 0 atom stereocenters. The molecule has 1 aliphatic rings. The van der Waals surface area contributed by atoms with E-state index in [2.05, 4.69) is 0 Å². The summed E-state index contributed by atoms with van der Waals surface area (Å²) in [6.07, 6.45) is 3.34. The van der Waals surface area contributed by atoms with Gasteiger partial charge < -0.3 is 10.0 Å². The van der Waals surface area contributed by atoms with E-state index in [1.54, 1.807) is 0 Å². The molecule has 1 fully saturated rings. The minimum absolute atomic E-state index is 0.00778. The summed E-state index contributed by atoms with van der Waals surface area (Å²) in [5.41, 5.74) is 0. The van der Waals surface area contributed by atoms with E-state index < -0.39 is 13.0 Å². The van der Waals surface area contributed by atoms with Gasteiger partial charge in [-0.2, -0.15) is 0 Å². The van der Waals surface area contributed by atoms with Crippen molar-refractivity contribution >= 4 is 5.91 Å². The summed E-state index contributed by atoms with van der Waals surface area (Å²) in [5.74, 6) is 0.327. The third kappa shape index (κ3) is 5.44. The Morgan fingerprint density at radius 1 is 1.35 bits per heavy atom. The van der Waals surface area contributed by atoms with Gasteiger partial charge in [-0.3, -0.25) is 4.79 Å². The molecule has 0 radical (unpaired) electrons. The lowest BCUT2D eigenvalue weighted by molar-refractivity contribution is -0.134. The Hall–Kier alpha value is -0.710. The Balaban J connectivity index is 2.30. The summed E-state index contributed by atoms with van der Waals surface area (Å²) < 4.78 is 24.5. The number of aliphatic hydroxyl groups is 1. The van der Waals surface area contributed by atoms with E-state index in [0.29, 0.717) is 12.3 Å². The van der Waals surface area contributed by atoms with Crippen LogP contribution in [-0.4, -0.2) is 42.0 Å². The van der Waals surface area contributed by atoms with E-state index in [-0.39, 0.29) is 19.1 Å². The summed E-state index contributed by atoms with van der Waals surface area (Å²) in [4.78, 5) is 12.8. The maximum absolute atomic E-state index is 12.2. The van der Waals surface area contributed by atoms with E-state index in [1.807, 2.05) is 0 Å². The molecule has 1 aliphatic carbocycles. The van der Waals surface area contributed by atoms with Crippen LogP contribution in [0.3, 0.4) is 0 Å². The Kier molecular flexibility index (Phi) is 6.40. The highest BCUT2D eigenvalue weighted by Gasteiger charge is 2.20. The molecule has 0 aliphatic heterocycles. The Morgan fingerprint density at radius 2 is 2.00 bits per heavy atom. The van der Waals surface area contributed by atoms with Crippen molar-refractivity contribution in [2.45, 2.75) is 45.0 Å². The number of rotatable bonds is 7. The number of aliphatic hydroxyl groups excluding tert-OH is 1. The van der Waals surface area contributed by atoms with Crippen molar-refractivity contribution in [3.63, 3.8) is 0 Å². The van der Waals surface area contributed by atoms with Gasteiger partial charge in [0.05, 0.1) is 13.2 Å². The van der Waals surface area contributed by atoms with Gasteiger partial charge in [0.15, 0.2) is 0 Å². The number of carbonyl (C=O) groups excluding carboxylic acids is 1. The molecule has 5 heteroatoms. The van der Waals surface area contributed by atoms with Crippen LogP contribution in [-0.2, 0) is 4.79 Å². The molecule has 0 aromatic carbocycles. The van der Waals surface area contributed by atoms with Crippen LogP contribution in [0.15, 0.2) is 0 Å². The summed E-state index contributed by atoms with van der Waals surface area (Å²) >= 11 is 0. The van der Waals surface area contributed by atoms with Crippen molar-refractivity contribution in [2.24, 2.45) is 5.92 Å². The fraction of sp³-hybridized carbons (Fsp3) is 0.917. The average molecular weight is 249 g/mol. The molecule has 0 heterocycles. The molecule has 3 nitrogen and oxygen atoms in total. The van der Waals surface area contributed by atoms with Gasteiger partial charge >= 0.3 is 0 Å². The van der Waals surface area contributed by atoms with Gasteiger partial charge in [0, 0.05) is 13.0 Å². The summed E-state index contributed by atoms with van der Waals surface area (Å²) in [7, 11) is 0. The number of hydrogen-bond acceptors (Lipinski definition) is 2. The molecule has 0 spiro atoms. The number of hydrogen-bond donors (Lipinski definition) is 1. The number of halogens is 2. The van der Waals surface area contributed by atoms with Crippen molar-refractivity contribution in [2.75, 3.05) is 19.7 Å². The second kappa shape index (κ2) is 7.58. The predicted octanol–water partition coefficient (Wildman–Crippen LogP) is 2.04. The summed E-state index contributed by atoms with van der Waals surface area (Å²) in [6, 6.07) is 0. The largest absolute Gasteiger partial charge is 0.395 e. The van der Waals surface area contributed by atoms with Crippen LogP contribution in [0.25, 0.3) is 0 Å². The number of alkyl halides is 2. The monoisotopic (exact) mass is 249 g/mol. The van der Waals surface area contributed by atoms with Gasteiger partial charge in [-0.25, -0.2) is 8.78 Å². The highest BCUT2D eigenvalue weighted by atomic mass is 19.3. The molecule has 1 saturated carbocycles. The number of carbonyl (C=O) groups is 1. The van der Waals surface area contributed by atoms with Crippen LogP contribution in [0, 0.1) is 5.92 Å². The number of nitrogens with zero attached hydrogens (tertiary/aromatic N) is 1. The van der Waals surface area contributed by atoms with Gasteiger partial charge in [-0.1, -0.05) is 25.7 Å². The van der Waals surface area contributed by atoms with Crippen molar-refractivity contribution in [3.05, 3.63) is 0 Å². The minimum atomic E-state index is -2.53. The van der Waals surface area contributed by atoms with Crippen LogP contribution in [0.4, 0.5) is 8.78 Å². The van der Waals surface area contributed by atoms with Gasteiger partial charge in [-0.15, -0.1) is 0 Å². The summed E-state index contributed by atoms with van der Waals surface area (Å²) in [6.45, 7) is -0.820. The van der Waals surface area contributed by atoms with Crippen LogP contribution < -0.4 is 0 Å². The third-order valence-electron chi connectivity index (χ3n) is 3.32. The predicted molar refractivity (Wildman–Crippen MR) is 60.9 cm³/mol. The quantitative estimate of drug-likeness (QED) is 0.750. The van der Waals surface area contributed by atoms with Crippen molar-refractivity contribution in [1.82, 2.24) is 4.90 Å². The molecule has 100 valence electrons. The molecular weight excluding hydrogens is 228 g/mol. The van der Waals surface area contributed by atoms with Crippen molar-refractivity contribution < 1.29 is 18.7 Å². The first-order chi connectivity index (χ1) is 8.13. The molecular formula is C12H21F2NO2. The minimum Gasteiger partial charge on any atom is -0.395 e. The molecule has 17 heavy (non-hydrogen) atoms. The molecule has 1 N–H and O–H groups in total. The molecule has 0 aromatic heterocycles. The normalized spacial score (nSPS) is 16.7. The molecule has 0 saturated heterocycles. The molecule has 1 amide bonds. The first kappa shape index (κ1) is 14.4. The van der Waals surface area contributed by atoms with Crippen LogP contribution in [0.5, 0.6) is 0 Å². The Labute approximate surface area is 101 Å². The molecule has 0 unspecified atom stereocenters. The third-order valence-corrected chi connectivity index (χ3v) is 3.32. The number of amides is 1. The Morgan fingerprint density at radius 3 is 2.53 bits per heavy atom. The van der Waals surface area contributed by atoms with E-state index in [9.17, 15) is 13.6 Å². The smallest absolute Gasteiger partial charge is 0.255 e. The average Bonchev–Trinajstić information content (AvgIpc) is 2.77. The molecule has 0 bridgehead atoms. The SMILES string of the molecule is O=C(CCC1CCCC1)N(CCO)CC(F)F. The maximum Gasteiger partial charge on any atom is 0.255 e. The molecule has 1 rings (SSSR count). The first-order valence-electron chi connectivity index (χ1n) is 6.30. The van der Waals surface area contributed by atoms with E-state index in [0.717, 1.165) is 24.2 Å².